The lowest BCUT2D eigenvalue weighted by molar-refractivity contribution is -0.196. The summed E-state index contributed by atoms with van der Waals surface area (Å²) in [4.78, 5) is 0. The molecule has 1 aliphatic rings. The number of nitrogens with one attached hydrogen (secondary N) is 1. The molecule has 2 aromatic carbocycles. The first-order valence-electron chi connectivity index (χ1n) is 9.87. The fourth-order valence-electron chi connectivity index (χ4n) is 3.47. The van der Waals surface area contributed by atoms with Gasteiger partial charge in [-0.2, -0.15) is 0 Å². The van der Waals surface area contributed by atoms with Crippen molar-refractivity contribution in [2.45, 2.75) is 51.5 Å². The lowest BCUT2D eigenvalue weighted by Crippen LogP contribution is -2.39. The minimum absolute atomic E-state index is 0.0505. The molecule has 0 aliphatic carbocycles. The predicted molar refractivity (Wildman–Crippen MR) is 106 cm³/mol. The van der Waals surface area contributed by atoms with Gasteiger partial charge in [0.15, 0.2) is 6.29 Å². The fourth-order valence-corrected chi connectivity index (χ4v) is 3.47. The molecule has 0 saturated carbocycles. The van der Waals surface area contributed by atoms with Crippen LogP contribution in [0.5, 0.6) is 0 Å². The molecule has 1 heterocycles. The van der Waals surface area contributed by atoms with E-state index >= 15 is 0 Å². The topological polar surface area (TPSA) is 30.5 Å². The highest BCUT2D eigenvalue weighted by Gasteiger charge is 2.24. The predicted octanol–water partition coefficient (Wildman–Crippen LogP) is 4.57. The van der Waals surface area contributed by atoms with Crippen LogP contribution in [0.4, 0.5) is 0 Å². The zero-order valence-electron chi connectivity index (χ0n) is 15.8. The van der Waals surface area contributed by atoms with Crippen molar-refractivity contribution in [2.24, 2.45) is 5.92 Å². The maximum Gasteiger partial charge on any atom is 0.158 e. The molecule has 0 bridgehead atoms. The van der Waals surface area contributed by atoms with Crippen LogP contribution < -0.4 is 5.32 Å². The van der Waals surface area contributed by atoms with E-state index in [0.717, 1.165) is 39.0 Å². The summed E-state index contributed by atoms with van der Waals surface area (Å²) in [5.41, 5.74) is 2.66. The van der Waals surface area contributed by atoms with Gasteiger partial charge in [-0.15, -0.1) is 0 Å². The van der Waals surface area contributed by atoms with E-state index in [0.29, 0.717) is 5.92 Å². The van der Waals surface area contributed by atoms with Crippen LogP contribution in [0.15, 0.2) is 60.7 Å². The Hall–Kier alpha value is -1.68. The Kier molecular flexibility index (Phi) is 7.68. The van der Waals surface area contributed by atoms with Gasteiger partial charge in [0.05, 0.1) is 6.10 Å². The van der Waals surface area contributed by atoms with Gasteiger partial charge in [-0.25, -0.2) is 0 Å². The first-order chi connectivity index (χ1) is 12.8. The van der Waals surface area contributed by atoms with Gasteiger partial charge < -0.3 is 14.8 Å². The van der Waals surface area contributed by atoms with Crippen LogP contribution in [0.3, 0.4) is 0 Å². The second kappa shape index (κ2) is 10.5. The number of hydrogen-bond acceptors (Lipinski definition) is 3. The molecule has 1 saturated heterocycles. The van der Waals surface area contributed by atoms with Crippen molar-refractivity contribution in [1.82, 2.24) is 5.32 Å². The third kappa shape index (κ3) is 6.24. The van der Waals surface area contributed by atoms with Gasteiger partial charge in [0.25, 0.3) is 0 Å². The van der Waals surface area contributed by atoms with Gasteiger partial charge in [-0.05, 0) is 42.7 Å². The van der Waals surface area contributed by atoms with Crippen LogP contribution in [0, 0.1) is 5.92 Å². The molecular weight excluding hydrogens is 322 g/mol. The van der Waals surface area contributed by atoms with Gasteiger partial charge in [-0.3, -0.25) is 0 Å². The van der Waals surface area contributed by atoms with Crippen molar-refractivity contribution in [1.29, 1.82) is 0 Å². The molecule has 0 amide bonds. The van der Waals surface area contributed by atoms with E-state index in [9.17, 15) is 0 Å². The standard InChI is InChI=1S/C23H31NO2/c1-19(16-20-10-4-2-5-11-20)22(26-23-14-8-9-15-25-23)18-24-17-21-12-6-3-7-13-21/h2-7,10-13,19,22-24H,8-9,14-18H2,1H3/t19-,22+,23?/m0/s1. The molecule has 3 heteroatoms. The quantitative estimate of drug-likeness (QED) is 0.716. The average molecular weight is 354 g/mol. The van der Waals surface area contributed by atoms with Crippen molar-refractivity contribution in [3.8, 4) is 0 Å². The summed E-state index contributed by atoms with van der Waals surface area (Å²) in [6.07, 6.45) is 4.46. The van der Waals surface area contributed by atoms with E-state index in [1.807, 2.05) is 0 Å². The Labute approximate surface area is 157 Å². The monoisotopic (exact) mass is 353 g/mol. The Morgan fingerprint density at radius 2 is 1.69 bits per heavy atom. The van der Waals surface area contributed by atoms with Crippen molar-refractivity contribution in [2.75, 3.05) is 13.2 Å². The number of rotatable bonds is 9. The highest BCUT2D eigenvalue weighted by molar-refractivity contribution is 5.16. The van der Waals surface area contributed by atoms with Crippen LogP contribution in [0.1, 0.15) is 37.3 Å². The largest absolute Gasteiger partial charge is 0.353 e. The Morgan fingerprint density at radius 1 is 1.00 bits per heavy atom. The minimum atomic E-state index is -0.0505. The van der Waals surface area contributed by atoms with Gasteiger partial charge in [0.1, 0.15) is 0 Å². The molecular formula is C23H31NO2. The van der Waals surface area contributed by atoms with Crippen LogP contribution >= 0.6 is 0 Å². The van der Waals surface area contributed by atoms with Crippen LogP contribution in [-0.4, -0.2) is 25.5 Å². The third-order valence-corrected chi connectivity index (χ3v) is 5.02. The first kappa shape index (κ1) is 19.1. The van der Waals surface area contributed by atoms with Crippen LogP contribution in [-0.2, 0) is 22.4 Å². The average Bonchev–Trinajstić information content (AvgIpc) is 2.69. The molecule has 1 unspecified atom stereocenters. The van der Waals surface area contributed by atoms with Crippen molar-refractivity contribution < 1.29 is 9.47 Å². The second-order valence-corrected chi connectivity index (χ2v) is 7.25. The second-order valence-electron chi connectivity index (χ2n) is 7.25. The van der Waals surface area contributed by atoms with Gasteiger partial charge in [0, 0.05) is 19.7 Å². The van der Waals surface area contributed by atoms with Crippen molar-refractivity contribution in [3.05, 3.63) is 71.8 Å². The Morgan fingerprint density at radius 3 is 2.35 bits per heavy atom. The smallest absolute Gasteiger partial charge is 0.158 e. The molecule has 2 aromatic rings. The molecule has 140 valence electrons. The number of ether oxygens (including phenoxy) is 2. The Bertz CT molecular complexity index is 611. The van der Waals surface area contributed by atoms with E-state index in [4.69, 9.17) is 9.47 Å². The molecule has 3 nitrogen and oxygen atoms in total. The minimum Gasteiger partial charge on any atom is -0.353 e. The van der Waals surface area contributed by atoms with Crippen molar-refractivity contribution in [3.63, 3.8) is 0 Å². The summed E-state index contributed by atoms with van der Waals surface area (Å²) < 4.78 is 12.2. The van der Waals surface area contributed by atoms with Gasteiger partial charge >= 0.3 is 0 Å². The van der Waals surface area contributed by atoms with E-state index in [1.54, 1.807) is 0 Å². The fraction of sp³-hybridized carbons (Fsp3) is 0.478. The lowest BCUT2D eigenvalue weighted by Gasteiger charge is -2.31. The SMILES string of the molecule is C[C@@H](Cc1ccccc1)[C@@H](CNCc1ccccc1)OC1CCCCO1. The van der Waals surface area contributed by atoms with Crippen molar-refractivity contribution >= 4 is 0 Å². The van der Waals surface area contributed by atoms with E-state index in [-0.39, 0.29) is 12.4 Å². The Balaban J connectivity index is 1.56. The molecule has 0 spiro atoms. The molecule has 1 N–H and O–H groups in total. The first-order valence-corrected chi connectivity index (χ1v) is 9.87. The summed E-state index contributed by atoms with van der Waals surface area (Å²) in [6, 6.07) is 21.2. The molecule has 3 rings (SSSR count). The maximum atomic E-state index is 6.38. The van der Waals surface area contributed by atoms with Crippen LogP contribution in [0.25, 0.3) is 0 Å². The van der Waals surface area contributed by atoms with Crippen LogP contribution in [0.2, 0.25) is 0 Å². The summed E-state index contributed by atoms with van der Waals surface area (Å²) >= 11 is 0. The molecule has 3 atom stereocenters. The van der Waals surface area contributed by atoms with E-state index in [1.165, 1.54) is 17.5 Å². The normalized spacial score (nSPS) is 19.8. The molecule has 1 fully saturated rings. The summed E-state index contributed by atoms with van der Waals surface area (Å²) in [5.74, 6) is 0.422. The van der Waals surface area contributed by atoms with E-state index in [2.05, 4.69) is 72.9 Å². The highest BCUT2D eigenvalue weighted by Crippen LogP contribution is 2.21. The van der Waals surface area contributed by atoms with Gasteiger partial charge in [-0.1, -0.05) is 67.6 Å². The molecule has 1 aliphatic heterocycles. The maximum absolute atomic E-state index is 6.38. The summed E-state index contributed by atoms with van der Waals surface area (Å²) in [5, 5.41) is 3.58. The lowest BCUT2D eigenvalue weighted by atomic mass is 9.95. The molecule has 0 aromatic heterocycles. The molecule has 26 heavy (non-hydrogen) atoms. The highest BCUT2D eigenvalue weighted by atomic mass is 16.7. The van der Waals surface area contributed by atoms with E-state index < -0.39 is 0 Å². The zero-order valence-corrected chi connectivity index (χ0v) is 15.8. The number of benzene rings is 2. The summed E-state index contributed by atoms with van der Waals surface area (Å²) in [7, 11) is 0. The zero-order chi connectivity index (χ0) is 18.0. The third-order valence-electron chi connectivity index (χ3n) is 5.02. The van der Waals surface area contributed by atoms with Gasteiger partial charge in [0.2, 0.25) is 0 Å². The number of hydrogen-bond donors (Lipinski definition) is 1. The molecule has 0 radical (unpaired) electrons. The summed E-state index contributed by atoms with van der Waals surface area (Å²) in [6.45, 7) is 4.81.